The van der Waals surface area contributed by atoms with Gasteiger partial charge in [0.25, 0.3) is 0 Å². The Balaban J connectivity index is 1.66. The van der Waals surface area contributed by atoms with Crippen molar-refractivity contribution in [1.82, 2.24) is 10.6 Å². The van der Waals surface area contributed by atoms with Crippen LogP contribution in [0.3, 0.4) is 0 Å². The van der Waals surface area contributed by atoms with E-state index in [0.29, 0.717) is 0 Å². The zero-order valence-electron chi connectivity index (χ0n) is 14.1. The summed E-state index contributed by atoms with van der Waals surface area (Å²) in [5.74, 6) is 0.354. The molecule has 0 aliphatic carbocycles. The second-order valence-electron chi connectivity index (χ2n) is 6.52. The number of carbonyl (C=O) groups excluding carboxylic acids is 1. The van der Waals surface area contributed by atoms with E-state index in [2.05, 4.69) is 47.0 Å². The summed E-state index contributed by atoms with van der Waals surface area (Å²) in [7, 11) is 0. The molecule has 1 aliphatic heterocycles. The maximum atomic E-state index is 12.7. The molecule has 24 heavy (non-hydrogen) atoms. The number of hydrogen-bond acceptors (Lipinski definition) is 2. The van der Waals surface area contributed by atoms with Gasteiger partial charge in [-0.15, -0.1) is 0 Å². The summed E-state index contributed by atoms with van der Waals surface area (Å²) < 4.78 is 0. The number of aryl methyl sites for hydroxylation is 1. The van der Waals surface area contributed by atoms with E-state index in [1.807, 2.05) is 24.3 Å². The van der Waals surface area contributed by atoms with Crippen molar-refractivity contribution >= 4 is 5.91 Å². The zero-order valence-corrected chi connectivity index (χ0v) is 14.1. The van der Waals surface area contributed by atoms with E-state index in [9.17, 15) is 4.79 Å². The molecular weight excluding hydrogens is 296 g/mol. The molecule has 2 aromatic rings. The molecule has 3 rings (SSSR count). The lowest BCUT2D eigenvalue weighted by Gasteiger charge is -2.26. The van der Waals surface area contributed by atoms with Gasteiger partial charge >= 0.3 is 0 Å². The van der Waals surface area contributed by atoms with Gasteiger partial charge in [0.05, 0.1) is 6.04 Å². The van der Waals surface area contributed by atoms with E-state index in [-0.39, 0.29) is 17.9 Å². The fourth-order valence-electron chi connectivity index (χ4n) is 3.34. The van der Waals surface area contributed by atoms with Crippen LogP contribution < -0.4 is 10.6 Å². The number of nitrogens with one attached hydrogen (secondary N) is 2. The van der Waals surface area contributed by atoms with Gasteiger partial charge in [0.1, 0.15) is 0 Å². The molecule has 1 unspecified atom stereocenters. The van der Waals surface area contributed by atoms with E-state index < -0.39 is 0 Å². The Morgan fingerprint density at radius 2 is 1.62 bits per heavy atom. The van der Waals surface area contributed by atoms with Crippen molar-refractivity contribution in [3.8, 4) is 0 Å². The highest BCUT2D eigenvalue weighted by Gasteiger charge is 2.23. The normalized spacial score (nSPS) is 16.5. The lowest BCUT2D eigenvalue weighted by molar-refractivity contribution is -0.126. The van der Waals surface area contributed by atoms with Gasteiger partial charge in [0, 0.05) is 5.92 Å². The molecule has 0 bridgehead atoms. The third-order valence-electron chi connectivity index (χ3n) is 4.79. The minimum atomic E-state index is 0.0776. The molecule has 3 heteroatoms. The molecule has 3 nitrogen and oxygen atoms in total. The smallest absolute Gasteiger partial charge is 0.223 e. The molecule has 2 aromatic carbocycles. The van der Waals surface area contributed by atoms with Gasteiger partial charge in [0.2, 0.25) is 5.91 Å². The molecule has 0 spiro atoms. The van der Waals surface area contributed by atoms with Gasteiger partial charge in [-0.1, -0.05) is 60.7 Å². The third kappa shape index (κ3) is 4.68. The van der Waals surface area contributed by atoms with Gasteiger partial charge in [0.15, 0.2) is 0 Å². The summed E-state index contributed by atoms with van der Waals surface area (Å²) in [6.07, 6.45) is 3.76. The topological polar surface area (TPSA) is 41.1 Å². The lowest BCUT2D eigenvalue weighted by atomic mass is 9.94. The van der Waals surface area contributed by atoms with Gasteiger partial charge < -0.3 is 10.6 Å². The molecule has 1 fully saturated rings. The van der Waals surface area contributed by atoms with E-state index in [0.717, 1.165) is 38.8 Å². The molecule has 0 aromatic heterocycles. The molecule has 0 saturated carbocycles. The number of carbonyl (C=O) groups is 1. The third-order valence-corrected chi connectivity index (χ3v) is 4.79. The average Bonchev–Trinajstić information content (AvgIpc) is 2.67. The molecule has 0 radical (unpaired) electrons. The number of benzene rings is 2. The molecule has 126 valence electrons. The second-order valence-corrected chi connectivity index (χ2v) is 6.52. The van der Waals surface area contributed by atoms with Crippen LogP contribution >= 0.6 is 0 Å². The Bertz CT molecular complexity index is 621. The molecule has 1 saturated heterocycles. The number of piperidine rings is 1. The van der Waals surface area contributed by atoms with Crippen LogP contribution in [0.25, 0.3) is 0 Å². The van der Waals surface area contributed by atoms with Gasteiger partial charge in [-0.05, 0) is 49.9 Å². The van der Waals surface area contributed by atoms with Gasteiger partial charge in [-0.25, -0.2) is 0 Å². The van der Waals surface area contributed by atoms with Crippen molar-refractivity contribution in [2.24, 2.45) is 5.92 Å². The fourth-order valence-corrected chi connectivity index (χ4v) is 3.34. The minimum absolute atomic E-state index is 0.0776. The van der Waals surface area contributed by atoms with Crippen molar-refractivity contribution in [1.29, 1.82) is 0 Å². The predicted octanol–water partition coefficient (Wildman–Crippen LogP) is 3.48. The van der Waals surface area contributed by atoms with Crippen LogP contribution in [0.5, 0.6) is 0 Å². The van der Waals surface area contributed by atoms with Crippen LogP contribution in [-0.4, -0.2) is 19.0 Å². The van der Waals surface area contributed by atoms with Crippen LogP contribution in [0.4, 0.5) is 0 Å². The molecule has 2 N–H and O–H groups in total. The molecule has 1 heterocycles. The summed E-state index contributed by atoms with van der Waals surface area (Å²) in [5.41, 5.74) is 2.50. The summed E-state index contributed by atoms with van der Waals surface area (Å²) >= 11 is 0. The highest BCUT2D eigenvalue weighted by Crippen LogP contribution is 2.21. The summed E-state index contributed by atoms with van der Waals surface area (Å²) in [6, 6.07) is 20.9. The molecule has 1 aliphatic rings. The maximum Gasteiger partial charge on any atom is 0.223 e. The fraction of sp³-hybridized carbons (Fsp3) is 0.381. The first-order valence-corrected chi connectivity index (χ1v) is 8.93. The number of amides is 1. The number of rotatable bonds is 6. The van der Waals surface area contributed by atoms with Crippen LogP contribution in [0.1, 0.15) is 36.4 Å². The van der Waals surface area contributed by atoms with E-state index in [1.54, 1.807) is 0 Å². The Labute approximate surface area is 144 Å². The van der Waals surface area contributed by atoms with E-state index in [1.165, 1.54) is 11.1 Å². The quantitative estimate of drug-likeness (QED) is 0.855. The van der Waals surface area contributed by atoms with Crippen LogP contribution in [0, 0.1) is 5.92 Å². The summed E-state index contributed by atoms with van der Waals surface area (Å²) in [6.45, 7) is 1.89. The Kier molecular flexibility index (Phi) is 6.02. The Morgan fingerprint density at radius 1 is 1.00 bits per heavy atom. The predicted molar refractivity (Wildman–Crippen MR) is 97.7 cm³/mol. The van der Waals surface area contributed by atoms with E-state index >= 15 is 0 Å². The van der Waals surface area contributed by atoms with Crippen molar-refractivity contribution in [3.63, 3.8) is 0 Å². The van der Waals surface area contributed by atoms with Crippen molar-refractivity contribution in [2.75, 3.05) is 13.1 Å². The lowest BCUT2D eigenvalue weighted by Crippen LogP contribution is -2.39. The largest absolute Gasteiger partial charge is 0.349 e. The van der Waals surface area contributed by atoms with Gasteiger partial charge in [-0.3, -0.25) is 4.79 Å². The standard InChI is InChI=1S/C21H26N2O/c24-21(19-13-15-22-16-14-19)23-20(18-9-5-2-6-10-18)12-11-17-7-3-1-4-8-17/h1-10,19-20,22H,11-16H2,(H,23,24). The minimum Gasteiger partial charge on any atom is -0.349 e. The van der Waals surface area contributed by atoms with E-state index in [4.69, 9.17) is 0 Å². The van der Waals surface area contributed by atoms with Crippen molar-refractivity contribution in [3.05, 3.63) is 71.8 Å². The molecular formula is C21H26N2O. The van der Waals surface area contributed by atoms with Crippen molar-refractivity contribution < 1.29 is 4.79 Å². The van der Waals surface area contributed by atoms with Crippen LogP contribution in [-0.2, 0) is 11.2 Å². The average molecular weight is 322 g/mol. The van der Waals surface area contributed by atoms with Crippen LogP contribution in [0.2, 0.25) is 0 Å². The Morgan fingerprint density at radius 3 is 2.29 bits per heavy atom. The second kappa shape index (κ2) is 8.65. The first kappa shape index (κ1) is 16.7. The molecule has 1 amide bonds. The van der Waals surface area contributed by atoms with Crippen molar-refractivity contribution in [2.45, 2.75) is 31.7 Å². The SMILES string of the molecule is O=C(NC(CCc1ccccc1)c1ccccc1)C1CCNCC1. The van der Waals surface area contributed by atoms with Gasteiger partial charge in [-0.2, -0.15) is 0 Å². The Hall–Kier alpha value is -2.13. The monoisotopic (exact) mass is 322 g/mol. The maximum absolute atomic E-state index is 12.7. The number of hydrogen-bond donors (Lipinski definition) is 2. The highest BCUT2D eigenvalue weighted by atomic mass is 16.1. The highest BCUT2D eigenvalue weighted by molar-refractivity contribution is 5.79. The summed E-state index contributed by atoms with van der Waals surface area (Å²) in [5, 5.41) is 6.63. The zero-order chi connectivity index (χ0) is 16.6. The summed E-state index contributed by atoms with van der Waals surface area (Å²) in [4.78, 5) is 12.7. The first-order chi connectivity index (χ1) is 11.8. The molecule has 1 atom stereocenters. The van der Waals surface area contributed by atoms with Crippen LogP contribution in [0.15, 0.2) is 60.7 Å². The first-order valence-electron chi connectivity index (χ1n) is 8.93.